The molecule has 0 aliphatic carbocycles. The van der Waals surface area contributed by atoms with E-state index in [4.69, 9.17) is 5.10 Å². The number of nitrogens with one attached hydrogen (secondary N) is 1. The Morgan fingerprint density at radius 3 is 2.52 bits per heavy atom. The number of benzene rings is 1. The molecule has 0 saturated heterocycles. The quantitative estimate of drug-likeness (QED) is 0.474. The van der Waals surface area contributed by atoms with E-state index >= 15 is 0 Å². The standard InChI is InChI=1S/C25H28N6O2/c1-17(2)31-22(32)11-10-20(27-31)23-21-16-19(25(33)26-13-15-29(3)4)12-14-30(21)28-24(23)18-8-6-5-7-9-18/h5-12,14,16-17H,13,15H2,1-4H3,(H,26,33). The van der Waals surface area contributed by atoms with Gasteiger partial charge in [0, 0.05) is 36.5 Å². The topological polar surface area (TPSA) is 84.5 Å². The average molecular weight is 445 g/mol. The number of pyridine rings is 1. The minimum Gasteiger partial charge on any atom is -0.351 e. The van der Waals surface area contributed by atoms with Crippen molar-refractivity contribution in [3.05, 3.63) is 76.7 Å². The van der Waals surface area contributed by atoms with E-state index in [-0.39, 0.29) is 17.5 Å². The van der Waals surface area contributed by atoms with Gasteiger partial charge in [-0.1, -0.05) is 30.3 Å². The van der Waals surface area contributed by atoms with Crippen molar-refractivity contribution < 1.29 is 4.79 Å². The fraction of sp³-hybridized carbons (Fsp3) is 0.280. The lowest BCUT2D eigenvalue weighted by Crippen LogP contribution is -2.31. The molecule has 33 heavy (non-hydrogen) atoms. The molecule has 3 aromatic heterocycles. The first-order valence-corrected chi connectivity index (χ1v) is 11.0. The van der Waals surface area contributed by atoms with Crippen LogP contribution in [0.5, 0.6) is 0 Å². The maximum Gasteiger partial charge on any atom is 0.267 e. The number of carbonyl (C=O) groups excluding carboxylic acids is 1. The summed E-state index contributed by atoms with van der Waals surface area (Å²) in [5.74, 6) is -0.145. The Balaban J connectivity index is 1.87. The van der Waals surface area contributed by atoms with Gasteiger partial charge in [0.05, 0.1) is 22.8 Å². The Bertz CT molecular complexity index is 1340. The Morgan fingerprint density at radius 1 is 1.06 bits per heavy atom. The predicted molar refractivity (Wildman–Crippen MR) is 129 cm³/mol. The molecule has 1 aromatic carbocycles. The van der Waals surface area contributed by atoms with Crippen molar-refractivity contribution in [3.63, 3.8) is 0 Å². The highest BCUT2D eigenvalue weighted by Gasteiger charge is 2.20. The van der Waals surface area contributed by atoms with E-state index in [1.807, 2.05) is 69.2 Å². The number of hydrogen-bond acceptors (Lipinski definition) is 5. The second kappa shape index (κ2) is 9.38. The zero-order chi connectivity index (χ0) is 23.5. The van der Waals surface area contributed by atoms with Crippen LogP contribution in [0.25, 0.3) is 28.0 Å². The first kappa shape index (κ1) is 22.4. The van der Waals surface area contributed by atoms with E-state index < -0.39 is 0 Å². The van der Waals surface area contributed by atoms with E-state index in [0.717, 1.165) is 28.9 Å². The Labute approximate surface area is 192 Å². The van der Waals surface area contributed by atoms with Crippen molar-refractivity contribution in [1.29, 1.82) is 0 Å². The van der Waals surface area contributed by atoms with Crippen molar-refractivity contribution in [2.24, 2.45) is 0 Å². The normalized spacial score (nSPS) is 11.5. The molecule has 0 saturated carbocycles. The van der Waals surface area contributed by atoms with Crippen LogP contribution in [0.1, 0.15) is 30.2 Å². The molecule has 1 amide bonds. The van der Waals surface area contributed by atoms with Gasteiger partial charge in [-0.15, -0.1) is 0 Å². The molecule has 4 rings (SSSR count). The molecule has 0 spiro atoms. The van der Waals surface area contributed by atoms with Crippen LogP contribution in [0.15, 0.2) is 65.6 Å². The summed E-state index contributed by atoms with van der Waals surface area (Å²) in [6.07, 6.45) is 1.78. The van der Waals surface area contributed by atoms with Crippen LogP contribution in [0, 0.1) is 0 Å². The number of carbonyl (C=O) groups is 1. The maximum absolute atomic E-state index is 12.8. The van der Waals surface area contributed by atoms with Crippen molar-refractivity contribution in [2.45, 2.75) is 19.9 Å². The summed E-state index contributed by atoms with van der Waals surface area (Å²) in [5.41, 5.74) is 4.20. The lowest BCUT2D eigenvalue weighted by Gasteiger charge is -2.11. The van der Waals surface area contributed by atoms with Gasteiger partial charge in [-0.05, 0) is 46.1 Å². The van der Waals surface area contributed by atoms with E-state index in [1.54, 1.807) is 22.8 Å². The smallest absolute Gasteiger partial charge is 0.267 e. The summed E-state index contributed by atoms with van der Waals surface area (Å²) < 4.78 is 3.21. The molecule has 0 fully saturated rings. The molecule has 0 unspecified atom stereocenters. The summed E-state index contributed by atoms with van der Waals surface area (Å²) in [7, 11) is 3.93. The highest BCUT2D eigenvalue weighted by molar-refractivity contribution is 5.98. The number of aromatic nitrogens is 4. The van der Waals surface area contributed by atoms with Gasteiger partial charge in [0.15, 0.2) is 0 Å². The molecule has 0 aliphatic heterocycles. The van der Waals surface area contributed by atoms with Crippen LogP contribution in [-0.2, 0) is 0 Å². The average Bonchev–Trinajstić information content (AvgIpc) is 3.18. The number of amides is 1. The van der Waals surface area contributed by atoms with Crippen molar-refractivity contribution >= 4 is 11.4 Å². The number of hydrogen-bond donors (Lipinski definition) is 1. The van der Waals surface area contributed by atoms with Crippen molar-refractivity contribution in [2.75, 3.05) is 27.2 Å². The van der Waals surface area contributed by atoms with Crippen molar-refractivity contribution in [3.8, 4) is 22.5 Å². The number of likely N-dealkylation sites (N-methyl/N-ethyl adjacent to an activating group) is 1. The molecule has 0 radical (unpaired) electrons. The first-order valence-electron chi connectivity index (χ1n) is 11.0. The SMILES string of the molecule is CC(C)n1nc(-c2c(-c3ccccc3)nn3ccc(C(=O)NCCN(C)C)cc23)ccc1=O. The van der Waals surface area contributed by atoms with Crippen molar-refractivity contribution in [1.82, 2.24) is 29.6 Å². The molecule has 0 bridgehead atoms. The van der Waals surface area contributed by atoms with Gasteiger partial charge < -0.3 is 10.2 Å². The van der Waals surface area contributed by atoms with Crippen LogP contribution < -0.4 is 10.9 Å². The summed E-state index contributed by atoms with van der Waals surface area (Å²) >= 11 is 0. The van der Waals surface area contributed by atoms with Crippen LogP contribution in [0.4, 0.5) is 0 Å². The predicted octanol–water partition coefficient (Wildman–Crippen LogP) is 3.10. The molecule has 170 valence electrons. The number of rotatable bonds is 7. The highest BCUT2D eigenvalue weighted by atomic mass is 16.1. The van der Waals surface area contributed by atoms with Gasteiger partial charge >= 0.3 is 0 Å². The van der Waals surface area contributed by atoms with Gasteiger partial charge in [-0.3, -0.25) is 9.59 Å². The number of nitrogens with zero attached hydrogens (tertiary/aromatic N) is 5. The van der Waals surface area contributed by atoms with Gasteiger partial charge in [-0.2, -0.15) is 10.2 Å². The van der Waals surface area contributed by atoms with Crippen LogP contribution in [0.2, 0.25) is 0 Å². The summed E-state index contributed by atoms with van der Waals surface area (Å²) in [4.78, 5) is 27.1. The zero-order valence-electron chi connectivity index (χ0n) is 19.3. The molecule has 8 heteroatoms. The second-order valence-corrected chi connectivity index (χ2v) is 8.49. The third-order valence-electron chi connectivity index (χ3n) is 5.36. The zero-order valence-corrected chi connectivity index (χ0v) is 19.3. The Hall–Kier alpha value is -3.78. The molecule has 0 aliphatic rings. The van der Waals surface area contributed by atoms with Crippen LogP contribution >= 0.6 is 0 Å². The fourth-order valence-electron chi connectivity index (χ4n) is 3.66. The fourth-order valence-corrected chi connectivity index (χ4v) is 3.66. The van der Waals surface area contributed by atoms with E-state index in [0.29, 0.717) is 17.8 Å². The molecule has 1 N–H and O–H groups in total. The second-order valence-electron chi connectivity index (χ2n) is 8.49. The summed E-state index contributed by atoms with van der Waals surface area (Å²) in [6.45, 7) is 5.15. The minimum absolute atomic E-state index is 0.0856. The molecule has 3 heterocycles. The van der Waals surface area contributed by atoms with Crippen LogP contribution in [-0.4, -0.2) is 57.4 Å². The third-order valence-corrected chi connectivity index (χ3v) is 5.36. The van der Waals surface area contributed by atoms with Gasteiger partial charge in [0.1, 0.15) is 5.69 Å². The molecule has 4 aromatic rings. The molecular formula is C25H28N6O2. The van der Waals surface area contributed by atoms with E-state index in [1.165, 1.54) is 10.7 Å². The Morgan fingerprint density at radius 2 is 1.82 bits per heavy atom. The third kappa shape index (κ3) is 4.70. The lowest BCUT2D eigenvalue weighted by atomic mass is 10.0. The molecular weight excluding hydrogens is 416 g/mol. The van der Waals surface area contributed by atoms with Gasteiger partial charge in [0.2, 0.25) is 0 Å². The lowest BCUT2D eigenvalue weighted by molar-refractivity contribution is 0.0951. The highest BCUT2D eigenvalue weighted by Crippen LogP contribution is 2.34. The molecule has 0 atom stereocenters. The van der Waals surface area contributed by atoms with Gasteiger partial charge in [-0.25, -0.2) is 9.20 Å². The number of fused-ring (bicyclic) bond motifs is 1. The van der Waals surface area contributed by atoms with Gasteiger partial charge in [0.25, 0.3) is 11.5 Å². The minimum atomic E-state index is -0.160. The Kier molecular flexibility index (Phi) is 6.37. The molecule has 8 nitrogen and oxygen atoms in total. The summed E-state index contributed by atoms with van der Waals surface area (Å²) in [5, 5.41) is 12.4. The first-order chi connectivity index (χ1) is 15.8. The maximum atomic E-state index is 12.8. The summed E-state index contributed by atoms with van der Waals surface area (Å²) in [6, 6.07) is 16.6. The monoisotopic (exact) mass is 444 g/mol. The van der Waals surface area contributed by atoms with E-state index in [9.17, 15) is 9.59 Å². The van der Waals surface area contributed by atoms with E-state index in [2.05, 4.69) is 10.4 Å². The van der Waals surface area contributed by atoms with Crippen LogP contribution in [0.3, 0.4) is 0 Å². The largest absolute Gasteiger partial charge is 0.351 e.